The lowest BCUT2D eigenvalue weighted by Crippen LogP contribution is -2.53. The minimum Gasteiger partial charge on any atom is -0.465 e. The number of carbonyl (C=O) groups is 1. The maximum absolute atomic E-state index is 12.2. The van der Waals surface area contributed by atoms with E-state index < -0.39 is 5.54 Å². The Labute approximate surface area is 133 Å². The van der Waals surface area contributed by atoms with Crippen molar-refractivity contribution in [3.63, 3.8) is 0 Å². The highest BCUT2D eigenvalue weighted by Crippen LogP contribution is 2.29. The molecular weight excluding hydrogens is 338 g/mol. The molecule has 3 nitrogen and oxygen atoms in total. The summed E-state index contributed by atoms with van der Waals surface area (Å²) < 4.78 is 6.28. The van der Waals surface area contributed by atoms with Crippen LogP contribution in [-0.4, -0.2) is 29.9 Å². The summed E-state index contributed by atoms with van der Waals surface area (Å²) in [4.78, 5) is 13.4. The minimum atomic E-state index is -0.616. The molecule has 20 heavy (non-hydrogen) atoms. The Morgan fingerprint density at radius 1 is 1.45 bits per heavy atom. The Bertz CT molecular complexity index is 461. The van der Waals surface area contributed by atoms with Gasteiger partial charge in [-0.2, -0.15) is 0 Å². The molecule has 1 saturated carbocycles. The molecule has 5 heteroatoms. The van der Waals surface area contributed by atoms with E-state index in [4.69, 9.17) is 4.74 Å². The molecule has 0 bridgehead atoms. The molecule has 0 aliphatic heterocycles. The largest absolute Gasteiger partial charge is 0.465 e. The van der Waals surface area contributed by atoms with Gasteiger partial charge in [0.2, 0.25) is 0 Å². The summed E-state index contributed by atoms with van der Waals surface area (Å²) in [5.41, 5.74) is -0.616. The van der Waals surface area contributed by atoms with Gasteiger partial charge in [0.25, 0.3) is 0 Å². The molecule has 1 unspecified atom stereocenters. The summed E-state index contributed by atoms with van der Waals surface area (Å²) in [6.07, 6.45) is 2.30. The van der Waals surface area contributed by atoms with Crippen molar-refractivity contribution in [2.24, 2.45) is 0 Å². The number of esters is 1. The van der Waals surface area contributed by atoms with Gasteiger partial charge in [-0.25, -0.2) is 0 Å². The summed E-state index contributed by atoms with van der Waals surface area (Å²) >= 11 is 5.10. The number of hydrogen-bond donors (Lipinski definition) is 1. The number of hydrogen-bond acceptors (Lipinski definition) is 4. The zero-order valence-electron chi connectivity index (χ0n) is 11.8. The van der Waals surface area contributed by atoms with Gasteiger partial charge >= 0.3 is 5.97 Å². The van der Waals surface area contributed by atoms with Crippen molar-refractivity contribution in [3.05, 3.63) is 28.7 Å². The molecule has 110 valence electrons. The molecule has 0 radical (unpaired) electrons. The molecule has 2 rings (SSSR count). The summed E-state index contributed by atoms with van der Waals surface area (Å²) in [6, 6.07) is 8.60. The van der Waals surface area contributed by atoms with Crippen LogP contribution in [0.1, 0.15) is 26.7 Å². The lowest BCUT2D eigenvalue weighted by molar-refractivity contribution is -0.149. The normalized spacial score (nSPS) is 17.6. The second kappa shape index (κ2) is 6.96. The number of thioether (sulfide) groups is 1. The van der Waals surface area contributed by atoms with Gasteiger partial charge in [0.05, 0.1) is 6.61 Å². The molecule has 0 amide bonds. The minimum absolute atomic E-state index is 0.156. The van der Waals surface area contributed by atoms with Crippen LogP contribution >= 0.6 is 27.7 Å². The van der Waals surface area contributed by atoms with Crippen LogP contribution in [0.15, 0.2) is 33.6 Å². The quantitative estimate of drug-likeness (QED) is 0.597. The molecule has 1 fully saturated rings. The average molecular weight is 358 g/mol. The highest BCUT2D eigenvalue weighted by molar-refractivity contribution is 9.10. The van der Waals surface area contributed by atoms with Crippen LogP contribution in [0.5, 0.6) is 0 Å². The smallest absolute Gasteiger partial charge is 0.326 e. The number of ether oxygens (including phenoxy) is 1. The van der Waals surface area contributed by atoms with Crippen molar-refractivity contribution in [2.75, 3.05) is 12.4 Å². The molecule has 0 saturated heterocycles. The molecule has 1 aliphatic carbocycles. The molecule has 0 aromatic heterocycles. The summed E-state index contributed by atoms with van der Waals surface area (Å²) in [6.45, 7) is 4.20. The Balaban J connectivity index is 1.99. The van der Waals surface area contributed by atoms with Crippen LogP contribution in [-0.2, 0) is 9.53 Å². The second-order valence-corrected chi connectivity index (χ2v) is 7.18. The monoisotopic (exact) mass is 357 g/mol. The van der Waals surface area contributed by atoms with Gasteiger partial charge in [0, 0.05) is 21.2 Å². The lowest BCUT2D eigenvalue weighted by Gasteiger charge is -2.28. The summed E-state index contributed by atoms with van der Waals surface area (Å²) in [7, 11) is 0. The molecular formula is C15H20BrNO2S. The van der Waals surface area contributed by atoms with Crippen molar-refractivity contribution >= 4 is 33.7 Å². The van der Waals surface area contributed by atoms with E-state index in [0.717, 1.165) is 22.2 Å². The average Bonchev–Trinajstić information content (AvgIpc) is 3.22. The Morgan fingerprint density at radius 3 is 2.65 bits per heavy atom. The van der Waals surface area contributed by atoms with Crippen LogP contribution in [0.3, 0.4) is 0 Å². The summed E-state index contributed by atoms with van der Waals surface area (Å²) in [5, 5.41) is 3.43. The third-order valence-corrected chi connectivity index (χ3v) is 5.02. The molecule has 0 spiro atoms. The predicted molar refractivity (Wildman–Crippen MR) is 86.1 cm³/mol. The maximum Gasteiger partial charge on any atom is 0.326 e. The van der Waals surface area contributed by atoms with E-state index in [2.05, 4.69) is 33.4 Å². The highest BCUT2D eigenvalue weighted by Gasteiger charge is 2.39. The van der Waals surface area contributed by atoms with Gasteiger partial charge in [-0.15, -0.1) is 11.8 Å². The van der Waals surface area contributed by atoms with Gasteiger partial charge < -0.3 is 4.74 Å². The van der Waals surface area contributed by atoms with E-state index in [1.807, 2.05) is 26.0 Å². The Hall–Kier alpha value is -0.520. The maximum atomic E-state index is 12.2. The van der Waals surface area contributed by atoms with Crippen LogP contribution < -0.4 is 5.32 Å². The first-order valence-electron chi connectivity index (χ1n) is 6.87. The Morgan fingerprint density at radius 2 is 2.10 bits per heavy atom. The van der Waals surface area contributed by atoms with E-state index >= 15 is 0 Å². The first-order chi connectivity index (χ1) is 9.53. The van der Waals surface area contributed by atoms with Crippen molar-refractivity contribution < 1.29 is 9.53 Å². The van der Waals surface area contributed by atoms with Crippen molar-refractivity contribution in [1.29, 1.82) is 0 Å². The van der Waals surface area contributed by atoms with Crippen LogP contribution in [0.2, 0.25) is 0 Å². The number of nitrogens with one attached hydrogen (secondary N) is 1. The van der Waals surface area contributed by atoms with Crippen molar-refractivity contribution in [2.45, 2.75) is 43.2 Å². The van der Waals surface area contributed by atoms with E-state index in [9.17, 15) is 4.79 Å². The standard InChI is InChI=1S/C15H20BrNO2S/c1-3-19-14(18)15(2,17-12-6-7-12)10-20-13-8-4-11(16)5-9-13/h4-5,8-9,12,17H,3,6-7,10H2,1-2H3. The van der Waals surface area contributed by atoms with Crippen LogP contribution in [0.4, 0.5) is 0 Å². The van der Waals surface area contributed by atoms with E-state index in [1.54, 1.807) is 11.8 Å². The van der Waals surface area contributed by atoms with Crippen LogP contribution in [0, 0.1) is 0 Å². The molecule has 1 aliphatic rings. The molecule has 0 heterocycles. The third-order valence-electron chi connectivity index (χ3n) is 3.17. The fourth-order valence-electron chi connectivity index (χ4n) is 1.89. The first kappa shape index (κ1) is 15.9. The van der Waals surface area contributed by atoms with E-state index in [1.165, 1.54) is 0 Å². The van der Waals surface area contributed by atoms with Crippen molar-refractivity contribution in [3.8, 4) is 0 Å². The lowest BCUT2D eigenvalue weighted by atomic mass is 10.1. The highest BCUT2D eigenvalue weighted by atomic mass is 79.9. The van der Waals surface area contributed by atoms with Gasteiger partial charge in [-0.3, -0.25) is 10.1 Å². The zero-order valence-corrected chi connectivity index (χ0v) is 14.2. The summed E-state index contributed by atoms with van der Waals surface area (Å²) in [5.74, 6) is 0.515. The van der Waals surface area contributed by atoms with Gasteiger partial charge in [0.1, 0.15) is 5.54 Å². The SMILES string of the molecule is CCOC(=O)C(C)(CSc1ccc(Br)cc1)NC1CC1. The third kappa shape index (κ3) is 4.50. The predicted octanol–water partition coefficient (Wildman–Crippen LogP) is 3.62. The number of halogens is 1. The van der Waals surface area contributed by atoms with E-state index in [-0.39, 0.29) is 5.97 Å². The molecule has 1 atom stereocenters. The van der Waals surface area contributed by atoms with Crippen molar-refractivity contribution in [1.82, 2.24) is 5.32 Å². The van der Waals surface area contributed by atoms with Crippen LogP contribution in [0.25, 0.3) is 0 Å². The topological polar surface area (TPSA) is 38.3 Å². The zero-order chi connectivity index (χ0) is 14.6. The van der Waals surface area contributed by atoms with E-state index in [0.29, 0.717) is 18.4 Å². The molecule has 1 aromatic carbocycles. The Kier molecular flexibility index (Phi) is 5.52. The number of rotatable bonds is 7. The fraction of sp³-hybridized carbons (Fsp3) is 0.533. The van der Waals surface area contributed by atoms with Gasteiger partial charge in [-0.05, 0) is 51.0 Å². The second-order valence-electron chi connectivity index (χ2n) is 5.21. The fourth-order valence-corrected chi connectivity index (χ4v) is 3.14. The number of carbonyl (C=O) groups excluding carboxylic acids is 1. The number of benzene rings is 1. The molecule has 1 aromatic rings. The van der Waals surface area contributed by atoms with Gasteiger partial charge in [0.15, 0.2) is 0 Å². The van der Waals surface area contributed by atoms with Gasteiger partial charge in [-0.1, -0.05) is 15.9 Å². The first-order valence-corrected chi connectivity index (χ1v) is 8.64. The molecule has 1 N–H and O–H groups in total.